The van der Waals surface area contributed by atoms with Crippen molar-refractivity contribution >= 4 is 24.7 Å². The van der Waals surface area contributed by atoms with Crippen LogP contribution in [-0.4, -0.2) is 21.8 Å². The molecule has 2 unspecified atom stereocenters. The number of nitro groups is 1. The van der Waals surface area contributed by atoms with Crippen LogP contribution in [0, 0.1) is 34.5 Å². The van der Waals surface area contributed by atoms with E-state index in [0.29, 0.717) is 0 Å². The fourth-order valence-electron chi connectivity index (χ4n) is 2.26. The lowest BCUT2D eigenvalue weighted by molar-refractivity contribution is -0.386. The van der Waals surface area contributed by atoms with Gasteiger partial charge in [0.25, 0.3) is 0 Å². The highest BCUT2D eigenvalue weighted by Crippen LogP contribution is 2.48. The molecule has 0 amide bonds. The molecule has 0 radical (unpaired) electrons. The molecule has 158 valence electrons. The summed E-state index contributed by atoms with van der Waals surface area (Å²) in [5.74, 6) is -7.28. The van der Waals surface area contributed by atoms with Gasteiger partial charge < -0.3 is 14.4 Å². The Labute approximate surface area is 168 Å². The van der Waals surface area contributed by atoms with Crippen LogP contribution in [-0.2, 0) is 4.57 Å². The molecule has 0 saturated heterocycles. The molecule has 0 aliphatic rings. The maximum atomic E-state index is 14.1. The first-order valence-corrected chi connectivity index (χ1v) is 10.5. The number of rotatable bonds is 7. The van der Waals surface area contributed by atoms with E-state index in [0.717, 1.165) is 25.1 Å². The van der Waals surface area contributed by atoms with Crippen LogP contribution in [0.3, 0.4) is 0 Å². The summed E-state index contributed by atoms with van der Waals surface area (Å²) >= 11 is 5.69. The van der Waals surface area contributed by atoms with E-state index < -0.39 is 63.4 Å². The van der Waals surface area contributed by atoms with Gasteiger partial charge in [-0.05, 0) is 19.9 Å². The molecule has 0 aliphatic carbocycles. The second-order valence-corrected chi connectivity index (χ2v) is 9.24. The van der Waals surface area contributed by atoms with Gasteiger partial charge in [0, 0.05) is 23.9 Å². The predicted octanol–water partition coefficient (Wildman–Crippen LogP) is 5.78. The summed E-state index contributed by atoms with van der Waals surface area (Å²) in [6.45, 7) is 3.69. The summed E-state index contributed by atoms with van der Waals surface area (Å²) in [5, 5.41) is 10.4. The van der Waals surface area contributed by atoms with Crippen LogP contribution < -0.4 is 9.47 Å². The Hall–Kier alpha value is -2.29. The lowest BCUT2D eigenvalue weighted by Crippen LogP contribution is -2.14. The van der Waals surface area contributed by atoms with Gasteiger partial charge in [0.2, 0.25) is 18.9 Å². The zero-order valence-electron chi connectivity index (χ0n) is 15.4. The molecule has 2 aromatic carbocycles. The smallest absolute Gasteiger partial charge is 0.311 e. The van der Waals surface area contributed by atoms with E-state index in [1.165, 1.54) is 13.8 Å². The highest BCUT2D eigenvalue weighted by Gasteiger charge is 2.30. The average molecular weight is 454 g/mol. The molecule has 0 bridgehead atoms. The second-order valence-electron chi connectivity index (χ2n) is 5.99. The molecular weight excluding hydrogens is 438 g/mol. The van der Waals surface area contributed by atoms with Crippen LogP contribution in [0.25, 0.3) is 0 Å². The predicted molar refractivity (Wildman–Crippen MR) is 99.7 cm³/mol. The van der Waals surface area contributed by atoms with Gasteiger partial charge in [-0.2, -0.15) is 4.39 Å². The monoisotopic (exact) mass is 453 g/mol. The molecule has 0 saturated carbocycles. The van der Waals surface area contributed by atoms with Crippen molar-refractivity contribution in [2.24, 2.45) is 0 Å². The standard InChI is InChI=1S/C17H16ClF3NO6P/c1-4-29(25,26)9(3)27-12-7-10(5-6-11(12)22(23)24)28-17-13(18)14(19)8(2)15(20)16(17)21/h5-7,9H,4H2,1-3H3,(H,25,26). The lowest BCUT2D eigenvalue weighted by atomic mass is 10.2. The molecule has 12 heteroatoms. The van der Waals surface area contributed by atoms with Crippen LogP contribution in [0.1, 0.15) is 19.4 Å². The summed E-state index contributed by atoms with van der Waals surface area (Å²) < 4.78 is 64.3. The van der Waals surface area contributed by atoms with Crippen molar-refractivity contribution < 1.29 is 37.0 Å². The summed E-state index contributed by atoms with van der Waals surface area (Å²) in [7, 11) is -3.76. The molecule has 1 N–H and O–H groups in total. The molecular formula is C17H16ClF3NO6P. The summed E-state index contributed by atoms with van der Waals surface area (Å²) in [4.78, 5) is 20.2. The average Bonchev–Trinajstić information content (AvgIpc) is 2.68. The van der Waals surface area contributed by atoms with Crippen LogP contribution in [0.15, 0.2) is 18.2 Å². The third kappa shape index (κ3) is 4.66. The van der Waals surface area contributed by atoms with Gasteiger partial charge in [-0.25, -0.2) is 8.78 Å². The third-order valence-electron chi connectivity index (χ3n) is 4.11. The van der Waals surface area contributed by atoms with Crippen molar-refractivity contribution in [3.63, 3.8) is 0 Å². The fourth-order valence-corrected chi connectivity index (χ4v) is 3.31. The zero-order chi connectivity index (χ0) is 22.1. The first-order valence-electron chi connectivity index (χ1n) is 8.17. The highest BCUT2D eigenvalue weighted by molar-refractivity contribution is 7.58. The Morgan fingerprint density at radius 2 is 1.90 bits per heavy atom. The highest BCUT2D eigenvalue weighted by atomic mass is 35.5. The van der Waals surface area contributed by atoms with Crippen molar-refractivity contribution in [1.29, 1.82) is 0 Å². The van der Waals surface area contributed by atoms with E-state index in [1.807, 2.05) is 0 Å². The van der Waals surface area contributed by atoms with Gasteiger partial charge in [-0.1, -0.05) is 18.5 Å². The van der Waals surface area contributed by atoms with Gasteiger partial charge in [-0.3, -0.25) is 14.7 Å². The van der Waals surface area contributed by atoms with Crippen LogP contribution >= 0.6 is 19.0 Å². The van der Waals surface area contributed by atoms with E-state index in [9.17, 15) is 32.7 Å². The van der Waals surface area contributed by atoms with Crippen molar-refractivity contribution in [2.75, 3.05) is 6.16 Å². The quantitative estimate of drug-likeness (QED) is 0.247. The Balaban J connectivity index is 2.49. The van der Waals surface area contributed by atoms with Crippen molar-refractivity contribution in [2.45, 2.75) is 26.6 Å². The molecule has 7 nitrogen and oxygen atoms in total. The first kappa shape index (κ1) is 23.0. The van der Waals surface area contributed by atoms with Crippen LogP contribution in [0.2, 0.25) is 5.02 Å². The summed E-state index contributed by atoms with van der Waals surface area (Å²) in [6.07, 6.45) is -0.138. The molecule has 0 fully saturated rings. The molecule has 2 rings (SSSR count). The Kier molecular flexibility index (Phi) is 6.82. The summed E-state index contributed by atoms with van der Waals surface area (Å²) in [6, 6.07) is 2.88. The van der Waals surface area contributed by atoms with E-state index in [4.69, 9.17) is 21.1 Å². The van der Waals surface area contributed by atoms with Crippen LogP contribution in [0.4, 0.5) is 18.9 Å². The third-order valence-corrected chi connectivity index (χ3v) is 6.59. The normalized spacial score (nSPS) is 14.2. The van der Waals surface area contributed by atoms with E-state index >= 15 is 0 Å². The van der Waals surface area contributed by atoms with Gasteiger partial charge in [-0.15, -0.1) is 0 Å². The maximum Gasteiger partial charge on any atom is 0.311 e. The molecule has 0 heterocycles. The van der Waals surface area contributed by atoms with Gasteiger partial charge in [0.1, 0.15) is 10.8 Å². The zero-order valence-corrected chi connectivity index (χ0v) is 17.1. The fraction of sp³-hybridized carbons (Fsp3) is 0.294. The molecule has 29 heavy (non-hydrogen) atoms. The number of ether oxygens (including phenoxy) is 2. The van der Waals surface area contributed by atoms with E-state index in [2.05, 4.69) is 0 Å². The Morgan fingerprint density at radius 3 is 2.45 bits per heavy atom. The molecule has 0 aromatic heterocycles. The second kappa shape index (κ2) is 8.61. The van der Waals surface area contributed by atoms with Crippen LogP contribution in [0.5, 0.6) is 17.2 Å². The summed E-state index contributed by atoms with van der Waals surface area (Å²) in [5.41, 5.74) is -1.20. The number of halogens is 4. The number of benzene rings is 2. The number of hydrogen-bond acceptors (Lipinski definition) is 5. The topological polar surface area (TPSA) is 98.9 Å². The van der Waals surface area contributed by atoms with Gasteiger partial charge >= 0.3 is 5.69 Å². The molecule has 2 atom stereocenters. The lowest BCUT2D eigenvalue weighted by Gasteiger charge is -2.20. The largest absolute Gasteiger partial charge is 0.473 e. The van der Waals surface area contributed by atoms with Gasteiger partial charge in [0.15, 0.2) is 23.2 Å². The molecule has 0 spiro atoms. The minimum Gasteiger partial charge on any atom is -0.473 e. The van der Waals surface area contributed by atoms with E-state index in [-0.39, 0.29) is 11.9 Å². The minimum atomic E-state index is -3.76. The number of nitro benzene ring substituents is 1. The van der Waals surface area contributed by atoms with Crippen molar-refractivity contribution in [3.8, 4) is 17.2 Å². The Bertz CT molecular complexity index is 990. The maximum absolute atomic E-state index is 14.1. The number of hydrogen-bond donors (Lipinski definition) is 1. The number of nitrogens with zero attached hydrogens (tertiary/aromatic N) is 1. The van der Waals surface area contributed by atoms with Crippen molar-refractivity contribution in [3.05, 3.63) is 56.4 Å². The van der Waals surface area contributed by atoms with Crippen molar-refractivity contribution in [1.82, 2.24) is 0 Å². The Morgan fingerprint density at radius 1 is 1.28 bits per heavy atom. The van der Waals surface area contributed by atoms with Gasteiger partial charge in [0.05, 0.1) is 4.92 Å². The first-order chi connectivity index (χ1) is 13.4. The SMILES string of the molecule is CCP(=O)(O)C(C)Oc1cc(Oc2c(F)c(F)c(C)c(F)c2Cl)ccc1[N+](=O)[O-]. The van der Waals surface area contributed by atoms with E-state index in [1.54, 1.807) is 0 Å². The minimum absolute atomic E-state index is 0.138. The molecule has 2 aromatic rings. The molecule has 0 aliphatic heterocycles.